The van der Waals surface area contributed by atoms with E-state index in [1.807, 2.05) is 6.92 Å². The number of nitrogens with one attached hydrogen (secondary N) is 1. The molecule has 1 atom stereocenters. The first-order valence-electron chi connectivity index (χ1n) is 8.47. The normalized spacial score (nSPS) is 20.1. The van der Waals surface area contributed by atoms with Crippen LogP contribution < -0.4 is 5.32 Å². The van der Waals surface area contributed by atoms with Crippen LogP contribution in [-0.4, -0.2) is 17.8 Å². The first kappa shape index (κ1) is 18.5. The van der Waals surface area contributed by atoms with Gasteiger partial charge in [0.05, 0.1) is 0 Å². The molecule has 0 aromatic heterocycles. The van der Waals surface area contributed by atoms with E-state index >= 15 is 0 Å². The second kappa shape index (κ2) is 10.2. The second-order valence-electron chi connectivity index (χ2n) is 5.95. The number of carbonyl (C=O) groups excluding carboxylic acids is 2. The highest BCUT2D eigenvalue weighted by Crippen LogP contribution is 2.16. The van der Waals surface area contributed by atoms with Gasteiger partial charge in [-0.2, -0.15) is 0 Å². The van der Waals surface area contributed by atoms with Crippen molar-refractivity contribution < 1.29 is 14.3 Å². The highest BCUT2D eigenvalue weighted by molar-refractivity contribution is 6.00. The summed E-state index contributed by atoms with van der Waals surface area (Å²) < 4.78 is 5.49. The number of rotatable bonds is 10. The predicted octanol–water partition coefficient (Wildman–Crippen LogP) is 4.02. The van der Waals surface area contributed by atoms with Crippen LogP contribution in [0.15, 0.2) is 23.6 Å². The van der Waals surface area contributed by atoms with Crippen molar-refractivity contribution in [3.8, 4) is 0 Å². The monoisotopic (exact) mass is 307 g/mol. The Labute approximate surface area is 134 Å². The number of carbonyl (C=O) groups is 2. The van der Waals surface area contributed by atoms with E-state index in [0.29, 0.717) is 6.42 Å². The SMILES string of the molecule is CCCCCC/C(C)=C/C(=O)/C=C1\NC(=O)[C@@H](CCCC)O1. The summed E-state index contributed by atoms with van der Waals surface area (Å²) in [4.78, 5) is 23.6. The summed E-state index contributed by atoms with van der Waals surface area (Å²) in [5.74, 6) is 0.0123. The lowest BCUT2D eigenvalue weighted by Crippen LogP contribution is -2.22. The maximum Gasteiger partial charge on any atom is 0.267 e. The minimum Gasteiger partial charge on any atom is -0.465 e. The molecule has 0 aromatic carbocycles. The molecule has 22 heavy (non-hydrogen) atoms. The maximum atomic E-state index is 11.9. The molecule has 1 aliphatic rings. The minimum atomic E-state index is -0.446. The Hall–Kier alpha value is -1.58. The molecule has 0 spiro atoms. The van der Waals surface area contributed by atoms with Crippen molar-refractivity contribution in [3.05, 3.63) is 23.6 Å². The van der Waals surface area contributed by atoms with Gasteiger partial charge < -0.3 is 4.74 Å². The summed E-state index contributed by atoms with van der Waals surface area (Å²) in [6.45, 7) is 6.23. The van der Waals surface area contributed by atoms with E-state index < -0.39 is 6.10 Å². The average Bonchev–Trinajstić information content (AvgIpc) is 2.81. The Bertz CT molecular complexity index is 438. The number of unbranched alkanes of at least 4 members (excludes halogenated alkanes) is 4. The molecule has 0 aromatic rings. The topological polar surface area (TPSA) is 55.4 Å². The van der Waals surface area contributed by atoms with Crippen LogP contribution in [-0.2, 0) is 14.3 Å². The van der Waals surface area contributed by atoms with Gasteiger partial charge in [0.1, 0.15) is 0 Å². The molecular weight excluding hydrogens is 278 g/mol. The third-order valence-corrected chi connectivity index (χ3v) is 3.71. The summed E-state index contributed by atoms with van der Waals surface area (Å²) in [6, 6.07) is 0. The minimum absolute atomic E-state index is 0.126. The molecule has 1 saturated heterocycles. The molecule has 4 heteroatoms. The number of ether oxygens (including phenoxy) is 1. The van der Waals surface area contributed by atoms with E-state index in [4.69, 9.17) is 4.74 Å². The molecular formula is C18H29NO3. The van der Waals surface area contributed by atoms with E-state index in [9.17, 15) is 9.59 Å². The average molecular weight is 307 g/mol. The van der Waals surface area contributed by atoms with Gasteiger partial charge in [0.25, 0.3) is 5.91 Å². The smallest absolute Gasteiger partial charge is 0.267 e. The third-order valence-electron chi connectivity index (χ3n) is 3.71. The number of allylic oxidation sites excluding steroid dienone is 3. The van der Waals surface area contributed by atoms with Crippen molar-refractivity contribution in [2.75, 3.05) is 0 Å². The lowest BCUT2D eigenvalue weighted by molar-refractivity contribution is -0.123. The van der Waals surface area contributed by atoms with Gasteiger partial charge in [-0.05, 0) is 38.7 Å². The van der Waals surface area contributed by atoms with Crippen LogP contribution in [0.5, 0.6) is 0 Å². The van der Waals surface area contributed by atoms with Crippen LogP contribution >= 0.6 is 0 Å². The zero-order valence-corrected chi connectivity index (χ0v) is 14.1. The lowest BCUT2D eigenvalue weighted by Gasteiger charge is -2.05. The number of ketones is 1. The van der Waals surface area contributed by atoms with E-state index in [1.165, 1.54) is 25.3 Å². The Morgan fingerprint density at radius 3 is 2.59 bits per heavy atom. The van der Waals surface area contributed by atoms with Gasteiger partial charge in [0, 0.05) is 6.08 Å². The molecule has 1 heterocycles. The van der Waals surface area contributed by atoms with E-state index in [1.54, 1.807) is 6.08 Å². The largest absolute Gasteiger partial charge is 0.465 e. The van der Waals surface area contributed by atoms with E-state index in [-0.39, 0.29) is 17.6 Å². The standard InChI is InChI=1S/C18H29NO3/c1-4-6-8-9-10-14(3)12-15(20)13-17-19-18(21)16(22-17)11-7-5-2/h12-13,16H,4-11H2,1-3H3,(H,19,21)/b14-12+,17-13+/t16-/m1/s1. The molecule has 0 saturated carbocycles. The van der Waals surface area contributed by atoms with Crippen LogP contribution in [0.25, 0.3) is 0 Å². The molecule has 4 nitrogen and oxygen atoms in total. The van der Waals surface area contributed by atoms with Crippen LogP contribution in [0.1, 0.15) is 72.1 Å². The molecule has 0 aliphatic carbocycles. The quantitative estimate of drug-likeness (QED) is 0.490. The maximum absolute atomic E-state index is 11.9. The molecule has 1 aliphatic heterocycles. The molecule has 0 bridgehead atoms. The summed E-state index contributed by atoms with van der Waals surface area (Å²) in [5.41, 5.74) is 1.07. The number of hydrogen-bond donors (Lipinski definition) is 1. The fourth-order valence-electron chi connectivity index (χ4n) is 2.40. The molecule has 0 unspecified atom stereocenters. The van der Waals surface area contributed by atoms with Gasteiger partial charge in [0.15, 0.2) is 17.8 Å². The fourth-order valence-corrected chi connectivity index (χ4v) is 2.40. The van der Waals surface area contributed by atoms with E-state index in [2.05, 4.69) is 19.2 Å². The highest BCUT2D eigenvalue weighted by Gasteiger charge is 2.29. The van der Waals surface area contributed by atoms with Crippen molar-refractivity contribution in [2.24, 2.45) is 0 Å². The number of hydrogen-bond acceptors (Lipinski definition) is 3. The van der Waals surface area contributed by atoms with Crippen LogP contribution in [0.3, 0.4) is 0 Å². The van der Waals surface area contributed by atoms with Gasteiger partial charge in [-0.1, -0.05) is 45.1 Å². The highest BCUT2D eigenvalue weighted by atomic mass is 16.5. The van der Waals surface area contributed by atoms with Crippen molar-refractivity contribution in [2.45, 2.75) is 78.2 Å². The Morgan fingerprint density at radius 2 is 1.91 bits per heavy atom. The molecule has 0 radical (unpaired) electrons. The van der Waals surface area contributed by atoms with E-state index in [0.717, 1.165) is 31.3 Å². The van der Waals surface area contributed by atoms with Crippen molar-refractivity contribution in [1.29, 1.82) is 0 Å². The van der Waals surface area contributed by atoms with Crippen LogP contribution in [0, 0.1) is 0 Å². The van der Waals surface area contributed by atoms with Crippen molar-refractivity contribution in [3.63, 3.8) is 0 Å². The molecule has 1 amide bonds. The van der Waals surface area contributed by atoms with Crippen molar-refractivity contribution in [1.82, 2.24) is 5.32 Å². The summed E-state index contributed by atoms with van der Waals surface area (Å²) in [5, 5.41) is 2.63. The van der Waals surface area contributed by atoms with Gasteiger partial charge in [-0.25, -0.2) is 0 Å². The van der Waals surface area contributed by atoms with Gasteiger partial charge in [0.2, 0.25) is 0 Å². The van der Waals surface area contributed by atoms with Gasteiger partial charge in [-0.15, -0.1) is 0 Å². The Morgan fingerprint density at radius 1 is 1.18 bits per heavy atom. The summed E-state index contributed by atoms with van der Waals surface area (Å²) >= 11 is 0. The predicted molar refractivity (Wildman–Crippen MR) is 88.1 cm³/mol. The Balaban J connectivity index is 2.44. The van der Waals surface area contributed by atoms with Crippen LogP contribution in [0.4, 0.5) is 0 Å². The summed E-state index contributed by atoms with van der Waals surface area (Å²) in [7, 11) is 0. The first-order valence-corrected chi connectivity index (χ1v) is 8.47. The lowest BCUT2D eigenvalue weighted by atomic mass is 10.1. The Kier molecular flexibility index (Phi) is 8.56. The van der Waals surface area contributed by atoms with Gasteiger partial charge in [-0.3, -0.25) is 14.9 Å². The van der Waals surface area contributed by atoms with Crippen molar-refractivity contribution >= 4 is 11.7 Å². The fraction of sp³-hybridized carbons (Fsp3) is 0.667. The second-order valence-corrected chi connectivity index (χ2v) is 5.95. The zero-order valence-electron chi connectivity index (χ0n) is 14.1. The molecule has 124 valence electrons. The molecule has 1 rings (SSSR count). The molecule has 1 fully saturated rings. The summed E-state index contributed by atoms with van der Waals surface area (Å²) in [6.07, 6.45) is 10.9. The third kappa shape index (κ3) is 6.92. The van der Waals surface area contributed by atoms with Gasteiger partial charge >= 0.3 is 0 Å². The first-order chi connectivity index (χ1) is 10.6. The molecule has 1 N–H and O–H groups in total. The zero-order chi connectivity index (χ0) is 16.4. The van der Waals surface area contributed by atoms with Crippen LogP contribution in [0.2, 0.25) is 0 Å². The number of amides is 1.